The van der Waals surface area contributed by atoms with E-state index in [1.807, 2.05) is 6.07 Å². The number of hydrogen-bond acceptors (Lipinski definition) is 4. The Balaban J connectivity index is 2.49. The summed E-state index contributed by atoms with van der Waals surface area (Å²) in [5.41, 5.74) is 0.556. The quantitative estimate of drug-likeness (QED) is 0.707. The van der Waals surface area contributed by atoms with Crippen LogP contribution in [0.4, 0.5) is 0 Å². The number of H-pyrrole nitrogens is 1. The van der Waals surface area contributed by atoms with Crippen molar-refractivity contribution in [3.63, 3.8) is 0 Å². The standard InChI is InChI=1S/C7H5N3OS/c11-7-4-8-5(3-9-7)6-1-2-10-12-6/h1-4H,(H,9,11). The SMILES string of the molecule is O=c1cnc(-c2ccns2)c[nH]1. The molecule has 0 aliphatic carbocycles. The molecule has 0 fully saturated rings. The molecule has 5 heteroatoms. The van der Waals surface area contributed by atoms with Crippen LogP contribution in [0.25, 0.3) is 10.6 Å². The van der Waals surface area contributed by atoms with E-state index in [4.69, 9.17) is 0 Å². The lowest BCUT2D eigenvalue weighted by molar-refractivity contribution is 1.15. The molecular weight excluding hydrogens is 174 g/mol. The second-order valence-corrected chi connectivity index (χ2v) is 3.01. The minimum Gasteiger partial charge on any atom is -0.326 e. The van der Waals surface area contributed by atoms with Gasteiger partial charge in [-0.3, -0.25) is 4.79 Å². The van der Waals surface area contributed by atoms with Crippen molar-refractivity contribution in [1.82, 2.24) is 14.3 Å². The van der Waals surface area contributed by atoms with E-state index in [1.165, 1.54) is 17.7 Å². The lowest BCUT2D eigenvalue weighted by Gasteiger charge is -1.91. The van der Waals surface area contributed by atoms with Crippen LogP contribution in [0.15, 0.2) is 29.5 Å². The Labute approximate surface area is 72.1 Å². The third-order valence-corrected chi connectivity index (χ3v) is 2.13. The molecule has 2 aromatic heterocycles. The van der Waals surface area contributed by atoms with Crippen LogP contribution in [0.1, 0.15) is 0 Å². The van der Waals surface area contributed by atoms with Gasteiger partial charge in [0, 0.05) is 12.4 Å². The highest BCUT2D eigenvalue weighted by Gasteiger charge is 1.99. The van der Waals surface area contributed by atoms with Gasteiger partial charge < -0.3 is 4.98 Å². The second-order valence-electron chi connectivity index (χ2n) is 2.17. The lowest BCUT2D eigenvalue weighted by atomic mass is 10.4. The second kappa shape index (κ2) is 2.86. The molecule has 1 N–H and O–H groups in total. The Morgan fingerprint density at radius 2 is 2.42 bits per heavy atom. The van der Waals surface area contributed by atoms with Crippen molar-refractivity contribution in [1.29, 1.82) is 0 Å². The molecule has 2 heterocycles. The summed E-state index contributed by atoms with van der Waals surface area (Å²) < 4.78 is 3.93. The maximum absolute atomic E-state index is 10.7. The minimum absolute atomic E-state index is 0.191. The first-order chi connectivity index (χ1) is 5.86. The van der Waals surface area contributed by atoms with E-state index in [2.05, 4.69) is 14.3 Å². The lowest BCUT2D eigenvalue weighted by Crippen LogP contribution is -2.03. The highest BCUT2D eigenvalue weighted by molar-refractivity contribution is 7.09. The smallest absolute Gasteiger partial charge is 0.266 e. The van der Waals surface area contributed by atoms with Gasteiger partial charge >= 0.3 is 0 Å². The van der Waals surface area contributed by atoms with Crippen LogP contribution < -0.4 is 5.56 Å². The zero-order valence-electron chi connectivity index (χ0n) is 6.02. The van der Waals surface area contributed by atoms with E-state index in [9.17, 15) is 4.79 Å². The van der Waals surface area contributed by atoms with Gasteiger partial charge in [-0.2, -0.15) is 0 Å². The molecule has 0 spiro atoms. The predicted molar refractivity (Wildman–Crippen MR) is 46.0 cm³/mol. The molecule has 0 atom stereocenters. The fourth-order valence-corrected chi connectivity index (χ4v) is 1.39. The summed E-state index contributed by atoms with van der Waals surface area (Å²) in [6.45, 7) is 0. The van der Waals surface area contributed by atoms with Crippen LogP contribution in [-0.2, 0) is 0 Å². The first-order valence-corrected chi connectivity index (χ1v) is 4.09. The summed E-state index contributed by atoms with van der Waals surface area (Å²) in [6, 6.07) is 1.85. The van der Waals surface area contributed by atoms with Gasteiger partial charge in [0.15, 0.2) is 0 Å². The fourth-order valence-electron chi connectivity index (χ4n) is 0.825. The van der Waals surface area contributed by atoms with Gasteiger partial charge in [0.05, 0.1) is 16.8 Å². The minimum atomic E-state index is -0.191. The molecule has 0 aromatic carbocycles. The van der Waals surface area contributed by atoms with Crippen LogP contribution in [0.2, 0.25) is 0 Å². The summed E-state index contributed by atoms with van der Waals surface area (Å²) in [5, 5.41) is 0. The van der Waals surface area contributed by atoms with E-state index < -0.39 is 0 Å². The Hall–Kier alpha value is -1.49. The first-order valence-electron chi connectivity index (χ1n) is 3.32. The molecule has 0 saturated heterocycles. The van der Waals surface area contributed by atoms with Gasteiger partial charge in [-0.1, -0.05) is 0 Å². The Morgan fingerprint density at radius 3 is 3.00 bits per heavy atom. The topological polar surface area (TPSA) is 58.6 Å². The zero-order chi connectivity index (χ0) is 8.39. The summed E-state index contributed by atoms with van der Waals surface area (Å²) in [7, 11) is 0. The summed E-state index contributed by atoms with van der Waals surface area (Å²) in [4.78, 5) is 18.1. The largest absolute Gasteiger partial charge is 0.326 e. The predicted octanol–water partition coefficient (Wildman–Crippen LogP) is 0.893. The van der Waals surface area contributed by atoms with Crippen LogP contribution >= 0.6 is 11.5 Å². The Bertz CT molecular complexity index is 400. The molecule has 0 amide bonds. The van der Waals surface area contributed by atoms with Gasteiger partial charge in [-0.15, -0.1) is 0 Å². The average molecular weight is 179 g/mol. The van der Waals surface area contributed by atoms with Crippen LogP contribution in [0.5, 0.6) is 0 Å². The molecule has 0 unspecified atom stereocenters. The number of nitrogens with zero attached hydrogens (tertiary/aromatic N) is 2. The molecule has 0 aliphatic heterocycles. The van der Waals surface area contributed by atoms with Crippen molar-refractivity contribution < 1.29 is 0 Å². The first kappa shape index (κ1) is 7.17. The maximum atomic E-state index is 10.7. The number of hydrogen-bond donors (Lipinski definition) is 1. The van der Waals surface area contributed by atoms with Crippen molar-refractivity contribution in [3.8, 4) is 10.6 Å². The molecule has 0 aliphatic rings. The van der Waals surface area contributed by atoms with E-state index in [-0.39, 0.29) is 5.56 Å². The Morgan fingerprint density at radius 1 is 1.50 bits per heavy atom. The van der Waals surface area contributed by atoms with Crippen LogP contribution in [0.3, 0.4) is 0 Å². The molecule has 2 rings (SSSR count). The van der Waals surface area contributed by atoms with E-state index in [1.54, 1.807) is 12.4 Å². The molecule has 4 nitrogen and oxygen atoms in total. The van der Waals surface area contributed by atoms with Crippen molar-refractivity contribution in [2.75, 3.05) is 0 Å². The number of aromatic amines is 1. The molecule has 2 aromatic rings. The van der Waals surface area contributed by atoms with E-state index >= 15 is 0 Å². The number of aromatic nitrogens is 3. The van der Waals surface area contributed by atoms with E-state index in [0.29, 0.717) is 0 Å². The van der Waals surface area contributed by atoms with Crippen LogP contribution in [0, 0.1) is 0 Å². The molecule has 0 radical (unpaired) electrons. The van der Waals surface area contributed by atoms with Gasteiger partial charge in [0.25, 0.3) is 5.56 Å². The van der Waals surface area contributed by atoms with Gasteiger partial charge in [0.2, 0.25) is 0 Å². The van der Waals surface area contributed by atoms with Gasteiger partial charge in [-0.05, 0) is 17.6 Å². The summed E-state index contributed by atoms with van der Waals surface area (Å²) >= 11 is 1.35. The number of nitrogens with one attached hydrogen (secondary N) is 1. The highest BCUT2D eigenvalue weighted by atomic mass is 32.1. The average Bonchev–Trinajstić information content (AvgIpc) is 2.58. The normalized spacial score (nSPS) is 10.0. The Kier molecular flexibility index (Phi) is 1.71. The monoisotopic (exact) mass is 179 g/mol. The third-order valence-electron chi connectivity index (χ3n) is 1.36. The molecule has 60 valence electrons. The molecule has 12 heavy (non-hydrogen) atoms. The maximum Gasteiger partial charge on any atom is 0.266 e. The van der Waals surface area contributed by atoms with Crippen molar-refractivity contribution >= 4 is 11.5 Å². The van der Waals surface area contributed by atoms with Gasteiger partial charge in [-0.25, -0.2) is 9.36 Å². The zero-order valence-corrected chi connectivity index (χ0v) is 6.84. The summed E-state index contributed by atoms with van der Waals surface area (Å²) in [5.74, 6) is 0. The molecular formula is C7H5N3OS. The summed E-state index contributed by atoms with van der Waals surface area (Å²) in [6.07, 6.45) is 4.54. The van der Waals surface area contributed by atoms with Crippen molar-refractivity contribution in [3.05, 3.63) is 35.0 Å². The molecule has 0 saturated carbocycles. The van der Waals surface area contributed by atoms with Crippen molar-refractivity contribution in [2.24, 2.45) is 0 Å². The van der Waals surface area contributed by atoms with E-state index in [0.717, 1.165) is 10.6 Å². The van der Waals surface area contributed by atoms with Crippen molar-refractivity contribution in [2.45, 2.75) is 0 Å². The highest BCUT2D eigenvalue weighted by Crippen LogP contribution is 2.17. The molecule has 0 bridgehead atoms. The number of rotatable bonds is 1. The fraction of sp³-hybridized carbons (Fsp3) is 0. The van der Waals surface area contributed by atoms with Gasteiger partial charge in [0.1, 0.15) is 0 Å². The van der Waals surface area contributed by atoms with Crippen LogP contribution in [-0.4, -0.2) is 14.3 Å². The third kappa shape index (κ3) is 1.26.